The van der Waals surface area contributed by atoms with E-state index in [-0.39, 0.29) is 25.4 Å². The van der Waals surface area contributed by atoms with Gasteiger partial charge >= 0.3 is 0 Å². The van der Waals surface area contributed by atoms with E-state index in [1.165, 1.54) is 6.07 Å². The molecule has 2 rings (SSSR count). The molecule has 2 atom stereocenters. The van der Waals surface area contributed by atoms with Crippen LogP contribution < -0.4 is 0 Å². The Bertz CT molecular complexity index is 475. The first-order valence-corrected chi connectivity index (χ1v) is 6.47. The summed E-state index contributed by atoms with van der Waals surface area (Å²) in [7, 11) is 0. The maximum Gasteiger partial charge on any atom is 0.182 e. The number of aliphatic hydroxyl groups is 1. The second kappa shape index (κ2) is 6.39. The normalized spacial score (nSPS) is 23.8. The predicted octanol–water partition coefficient (Wildman–Crippen LogP) is 1.23. The lowest BCUT2D eigenvalue weighted by molar-refractivity contribution is -0.0927. The number of nitrogens with zero attached hydrogens (tertiary/aromatic N) is 1. The first-order valence-electron chi connectivity index (χ1n) is 6.47. The Morgan fingerprint density at radius 3 is 2.65 bits per heavy atom. The van der Waals surface area contributed by atoms with Crippen molar-refractivity contribution >= 4 is 5.78 Å². The predicted molar refractivity (Wildman–Crippen MR) is 68.5 cm³/mol. The van der Waals surface area contributed by atoms with Crippen LogP contribution >= 0.6 is 0 Å². The van der Waals surface area contributed by atoms with Gasteiger partial charge in [-0.05, 0) is 19.1 Å². The summed E-state index contributed by atoms with van der Waals surface area (Å²) in [6.07, 6.45) is -0.517. The number of morpholine rings is 1. The summed E-state index contributed by atoms with van der Waals surface area (Å²) in [6, 6.07) is 3.35. The number of halogens is 2. The highest BCUT2D eigenvalue weighted by Gasteiger charge is 2.27. The van der Waals surface area contributed by atoms with E-state index in [0.29, 0.717) is 13.1 Å². The smallest absolute Gasteiger partial charge is 0.182 e. The summed E-state index contributed by atoms with van der Waals surface area (Å²) in [4.78, 5) is 13.8. The molecule has 0 saturated carbocycles. The van der Waals surface area contributed by atoms with Gasteiger partial charge in [0.1, 0.15) is 11.6 Å². The number of ether oxygens (including phenoxy) is 1. The van der Waals surface area contributed by atoms with Gasteiger partial charge in [0.2, 0.25) is 0 Å². The SMILES string of the molecule is CC1CN(CC(=O)c2c(F)cccc2F)CC(CO)O1. The Morgan fingerprint density at radius 2 is 2.05 bits per heavy atom. The molecule has 1 N–H and O–H groups in total. The average Bonchev–Trinajstić information content (AvgIpc) is 2.37. The van der Waals surface area contributed by atoms with Crippen LogP contribution in [0.25, 0.3) is 0 Å². The number of benzene rings is 1. The summed E-state index contributed by atoms with van der Waals surface area (Å²) in [6.45, 7) is 2.43. The minimum absolute atomic E-state index is 0.0952. The topological polar surface area (TPSA) is 49.8 Å². The van der Waals surface area contributed by atoms with Crippen LogP contribution in [0.5, 0.6) is 0 Å². The molecule has 0 aliphatic carbocycles. The number of aliphatic hydroxyl groups excluding tert-OH is 1. The van der Waals surface area contributed by atoms with E-state index in [4.69, 9.17) is 9.84 Å². The zero-order chi connectivity index (χ0) is 14.7. The van der Waals surface area contributed by atoms with E-state index in [2.05, 4.69) is 0 Å². The lowest BCUT2D eigenvalue weighted by atomic mass is 10.1. The number of ketones is 1. The number of hydrogen-bond donors (Lipinski definition) is 1. The Hall–Kier alpha value is -1.37. The van der Waals surface area contributed by atoms with E-state index in [9.17, 15) is 13.6 Å². The molecular formula is C14H17F2NO3. The third-order valence-electron chi connectivity index (χ3n) is 3.21. The Labute approximate surface area is 116 Å². The van der Waals surface area contributed by atoms with Gasteiger partial charge in [0.15, 0.2) is 5.78 Å². The van der Waals surface area contributed by atoms with E-state index in [0.717, 1.165) is 12.1 Å². The number of rotatable bonds is 4. The monoisotopic (exact) mass is 285 g/mol. The van der Waals surface area contributed by atoms with E-state index < -0.39 is 23.0 Å². The zero-order valence-electron chi connectivity index (χ0n) is 11.2. The number of Topliss-reactive ketones (excluding diaryl/α,β-unsaturated/α-hetero) is 1. The average molecular weight is 285 g/mol. The van der Waals surface area contributed by atoms with Crippen molar-refractivity contribution in [1.29, 1.82) is 0 Å². The quantitative estimate of drug-likeness (QED) is 0.845. The molecule has 1 heterocycles. The van der Waals surface area contributed by atoms with Crippen molar-refractivity contribution in [3.63, 3.8) is 0 Å². The highest BCUT2D eigenvalue weighted by Crippen LogP contribution is 2.16. The highest BCUT2D eigenvalue weighted by molar-refractivity contribution is 5.98. The molecule has 1 aromatic carbocycles. The molecule has 1 aromatic rings. The van der Waals surface area contributed by atoms with Crippen LogP contribution in [-0.2, 0) is 4.74 Å². The van der Waals surface area contributed by atoms with Crippen LogP contribution in [0, 0.1) is 11.6 Å². The van der Waals surface area contributed by atoms with E-state index in [1.54, 1.807) is 4.90 Å². The lowest BCUT2D eigenvalue weighted by Crippen LogP contribution is -2.49. The van der Waals surface area contributed by atoms with Crippen molar-refractivity contribution in [3.05, 3.63) is 35.4 Å². The van der Waals surface area contributed by atoms with Crippen LogP contribution in [0.2, 0.25) is 0 Å². The summed E-state index contributed by atoms with van der Waals surface area (Å²) < 4.78 is 32.5. The first-order chi connectivity index (χ1) is 9.51. The van der Waals surface area contributed by atoms with Crippen molar-refractivity contribution in [2.45, 2.75) is 19.1 Å². The van der Waals surface area contributed by atoms with Gasteiger partial charge in [-0.15, -0.1) is 0 Å². The molecular weight excluding hydrogens is 268 g/mol. The Kier molecular flexibility index (Phi) is 4.80. The van der Waals surface area contributed by atoms with Gasteiger partial charge in [0, 0.05) is 13.1 Å². The minimum Gasteiger partial charge on any atom is -0.394 e. The summed E-state index contributed by atoms with van der Waals surface area (Å²) >= 11 is 0. The molecule has 6 heteroatoms. The van der Waals surface area contributed by atoms with Gasteiger partial charge in [-0.3, -0.25) is 9.69 Å². The van der Waals surface area contributed by atoms with Gasteiger partial charge in [-0.1, -0.05) is 6.07 Å². The molecule has 110 valence electrons. The summed E-state index contributed by atoms with van der Waals surface area (Å²) in [5.41, 5.74) is -0.507. The fraction of sp³-hybridized carbons (Fsp3) is 0.500. The van der Waals surface area contributed by atoms with Crippen molar-refractivity contribution in [2.24, 2.45) is 0 Å². The number of carbonyl (C=O) groups is 1. The van der Waals surface area contributed by atoms with Crippen LogP contribution in [0.4, 0.5) is 8.78 Å². The molecule has 0 radical (unpaired) electrons. The Balaban J connectivity index is 2.07. The van der Waals surface area contributed by atoms with Gasteiger partial charge < -0.3 is 9.84 Å². The summed E-state index contributed by atoms with van der Waals surface area (Å²) in [5, 5.41) is 9.11. The molecule has 0 amide bonds. The van der Waals surface area contributed by atoms with E-state index >= 15 is 0 Å². The maximum absolute atomic E-state index is 13.5. The van der Waals surface area contributed by atoms with Gasteiger partial charge in [0.25, 0.3) is 0 Å². The van der Waals surface area contributed by atoms with Crippen molar-refractivity contribution in [3.8, 4) is 0 Å². The third-order valence-corrected chi connectivity index (χ3v) is 3.21. The lowest BCUT2D eigenvalue weighted by Gasteiger charge is -2.35. The van der Waals surface area contributed by atoms with Crippen LogP contribution in [0.1, 0.15) is 17.3 Å². The van der Waals surface area contributed by atoms with Crippen LogP contribution in [-0.4, -0.2) is 54.2 Å². The molecule has 0 spiro atoms. The van der Waals surface area contributed by atoms with Gasteiger partial charge in [0.05, 0.1) is 30.9 Å². The summed E-state index contributed by atoms with van der Waals surface area (Å²) in [5.74, 6) is -2.31. The highest BCUT2D eigenvalue weighted by atomic mass is 19.1. The minimum atomic E-state index is -0.852. The maximum atomic E-state index is 13.5. The number of carbonyl (C=O) groups excluding carboxylic acids is 1. The second-order valence-corrected chi connectivity index (χ2v) is 4.97. The fourth-order valence-electron chi connectivity index (χ4n) is 2.42. The molecule has 20 heavy (non-hydrogen) atoms. The standard InChI is InChI=1S/C14H17F2NO3/c1-9-5-17(6-10(8-18)20-9)7-13(19)14-11(15)3-2-4-12(14)16/h2-4,9-10,18H,5-8H2,1H3. The number of hydrogen-bond acceptors (Lipinski definition) is 4. The molecule has 1 aliphatic rings. The van der Waals surface area contributed by atoms with Crippen molar-refractivity contribution < 1.29 is 23.4 Å². The molecule has 2 unspecified atom stereocenters. The zero-order valence-corrected chi connectivity index (χ0v) is 11.2. The van der Waals surface area contributed by atoms with Crippen LogP contribution in [0.3, 0.4) is 0 Å². The molecule has 0 bridgehead atoms. The Morgan fingerprint density at radius 1 is 1.40 bits per heavy atom. The molecule has 1 aliphatic heterocycles. The molecule has 4 nitrogen and oxygen atoms in total. The van der Waals surface area contributed by atoms with Crippen molar-refractivity contribution in [2.75, 3.05) is 26.2 Å². The molecule has 0 aromatic heterocycles. The van der Waals surface area contributed by atoms with Gasteiger partial charge in [-0.2, -0.15) is 0 Å². The fourth-order valence-corrected chi connectivity index (χ4v) is 2.42. The second-order valence-electron chi connectivity index (χ2n) is 4.97. The largest absolute Gasteiger partial charge is 0.394 e. The first kappa shape index (κ1) is 15.0. The van der Waals surface area contributed by atoms with Crippen LogP contribution in [0.15, 0.2) is 18.2 Å². The van der Waals surface area contributed by atoms with E-state index in [1.807, 2.05) is 6.92 Å². The molecule has 1 fully saturated rings. The third kappa shape index (κ3) is 3.39. The molecule has 1 saturated heterocycles. The van der Waals surface area contributed by atoms with Crippen molar-refractivity contribution in [1.82, 2.24) is 4.90 Å². The van der Waals surface area contributed by atoms with Gasteiger partial charge in [-0.25, -0.2) is 8.78 Å².